The molecule has 0 aliphatic heterocycles. The van der Waals surface area contributed by atoms with E-state index < -0.39 is 53.8 Å². The van der Waals surface area contributed by atoms with Crippen molar-refractivity contribution in [3.05, 3.63) is 21.8 Å². The van der Waals surface area contributed by atoms with Crippen LogP contribution in [0.2, 0.25) is 0 Å². The number of benzene rings is 1. The maximum absolute atomic E-state index is 13.4. The molecule has 0 fully saturated rings. The highest BCUT2D eigenvalue weighted by Crippen LogP contribution is 2.38. The number of halogens is 3. The Morgan fingerprint density at radius 3 is 1.63 bits per heavy atom. The van der Waals surface area contributed by atoms with Crippen LogP contribution in [0.4, 0.5) is 5.69 Å². The zero-order valence-electron chi connectivity index (χ0n) is 22.6. The van der Waals surface area contributed by atoms with Crippen LogP contribution in [-0.4, -0.2) is 80.1 Å². The number of primary amides is 1. The van der Waals surface area contributed by atoms with Crippen LogP contribution < -0.4 is 16.0 Å². The monoisotopic (exact) mass is 915 g/mol. The van der Waals surface area contributed by atoms with Gasteiger partial charge in [0.25, 0.3) is 11.8 Å². The third kappa shape index (κ3) is 11.5. The van der Waals surface area contributed by atoms with Crippen LogP contribution in [0.15, 0.2) is 0 Å². The number of nitrogens with zero attached hydrogens (tertiary/aromatic N) is 1. The number of rotatable bonds is 13. The van der Waals surface area contributed by atoms with Crippen LogP contribution in [0.25, 0.3) is 0 Å². The lowest BCUT2D eigenvalue weighted by molar-refractivity contribution is -0.155. The van der Waals surface area contributed by atoms with E-state index in [1.807, 2.05) is 45.2 Å². The van der Waals surface area contributed by atoms with Gasteiger partial charge in [-0.15, -0.1) is 0 Å². The van der Waals surface area contributed by atoms with Gasteiger partial charge >= 0.3 is 23.9 Å². The Kier molecular flexibility index (Phi) is 15.2. The summed E-state index contributed by atoms with van der Waals surface area (Å²) in [4.78, 5) is 85.7. The molecule has 226 valence electrons. The molecule has 0 aliphatic rings. The van der Waals surface area contributed by atoms with Crippen molar-refractivity contribution in [2.24, 2.45) is 5.73 Å². The summed E-state index contributed by atoms with van der Waals surface area (Å²) in [5.74, 6) is -4.73. The highest BCUT2D eigenvalue weighted by Gasteiger charge is 2.32. The predicted molar refractivity (Wildman–Crippen MR) is 168 cm³/mol. The number of carbonyl (C=O) groups is 7. The van der Waals surface area contributed by atoms with Crippen molar-refractivity contribution in [2.75, 3.05) is 31.2 Å². The fraction of sp³-hybridized carbons (Fsp3) is 0.458. The molecule has 1 rings (SSSR count). The van der Waals surface area contributed by atoms with Gasteiger partial charge in [0.2, 0.25) is 5.91 Å². The highest BCUT2D eigenvalue weighted by molar-refractivity contribution is 14.1. The van der Waals surface area contributed by atoms with E-state index in [4.69, 9.17) is 24.7 Å². The van der Waals surface area contributed by atoms with Crippen molar-refractivity contribution in [1.82, 2.24) is 5.32 Å². The molecule has 2 unspecified atom stereocenters. The Hall–Kier alpha value is -2.30. The molecule has 2 atom stereocenters. The zero-order chi connectivity index (χ0) is 31.6. The molecule has 0 bridgehead atoms. The van der Waals surface area contributed by atoms with Crippen molar-refractivity contribution < 1.29 is 52.5 Å². The summed E-state index contributed by atoms with van der Waals surface area (Å²) in [6.07, 6.45) is -2.08. The van der Waals surface area contributed by atoms with Gasteiger partial charge in [-0.05, 0) is 67.8 Å². The smallest absolute Gasteiger partial charge is 0.303 e. The minimum Gasteiger partial charge on any atom is -0.462 e. The van der Waals surface area contributed by atoms with Crippen molar-refractivity contribution in [3.8, 4) is 0 Å². The summed E-state index contributed by atoms with van der Waals surface area (Å²) in [6, 6.07) is 0. The molecule has 0 aromatic heterocycles. The molecule has 14 nitrogen and oxygen atoms in total. The highest BCUT2D eigenvalue weighted by atomic mass is 127. The Morgan fingerprint density at radius 1 is 0.732 bits per heavy atom. The summed E-state index contributed by atoms with van der Waals surface area (Å²) in [5.41, 5.74) is 5.73. The third-order valence-corrected chi connectivity index (χ3v) is 8.08. The van der Waals surface area contributed by atoms with Gasteiger partial charge in [0, 0.05) is 38.2 Å². The van der Waals surface area contributed by atoms with Gasteiger partial charge in [0.1, 0.15) is 13.2 Å². The van der Waals surface area contributed by atoms with Crippen molar-refractivity contribution >= 4 is 115 Å². The average Bonchev–Trinajstić information content (AvgIpc) is 2.82. The number of amides is 3. The van der Waals surface area contributed by atoms with E-state index in [9.17, 15) is 33.6 Å². The van der Waals surface area contributed by atoms with E-state index in [0.717, 1.165) is 13.8 Å². The van der Waals surface area contributed by atoms with Crippen molar-refractivity contribution in [2.45, 2.75) is 46.8 Å². The van der Waals surface area contributed by atoms with Gasteiger partial charge in [-0.1, -0.05) is 0 Å². The summed E-state index contributed by atoms with van der Waals surface area (Å²) in [5, 5.41) is 2.59. The lowest BCUT2D eigenvalue weighted by Gasteiger charge is -2.30. The summed E-state index contributed by atoms with van der Waals surface area (Å²) < 4.78 is 20.9. The summed E-state index contributed by atoms with van der Waals surface area (Å²) >= 11 is 5.45. The van der Waals surface area contributed by atoms with Crippen LogP contribution in [-0.2, 0) is 42.9 Å². The molecule has 0 heterocycles. The maximum Gasteiger partial charge on any atom is 0.303 e. The lowest BCUT2D eigenvalue weighted by Crippen LogP contribution is -2.42. The first-order chi connectivity index (χ1) is 19.0. The Balaban J connectivity index is 3.62. The number of esters is 4. The fourth-order valence-electron chi connectivity index (χ4n) is 3.33. The van der Waals surface area contributed by atoms with Crippen LogP contribution >= 0.6 is 67.8 Å². The van der Waals surface area contributed by atoms with Gasteiger partial charge in [0.05, 0.1) is 37.0 Å². The second kappa shape index (κ2) is 17.0. The molecule has 3 amide bonds. The van der Waals surface area contributed by atoms with Gasteiger partial charge < -0.3 is 34.9 Å². The van der Waals surface area contributed by atoms with E-state index in [1.165, 1.54) is 25.7 Å². The number of ether oxygens (including phenoxy) is 4. The quantitative estimate of drug-likeness (QED) is 0.166. The van der Waals surface area contributed by atoms with Crippen LogP contribution in [0, 0.1) is 10.7 Å². The molecule has 1 aromatic carbocycles. The molecule has 41 heavy (non-hydrogen) atoms. The third-order valence-electron chi connectivity index (χ3n) is 4.90. The lowest BCUT2D eigenvalue weighted by atomic mass is 10.1. The van der Waals surface area contributed by atoms with E-state index in [-0.39, 0.29) is 53.8 Å². The molecule has 1 aromatic rings. The van der Waals surface area contributed by atoms with Crippen molar-refractivity contribution in [1.29, 1.82) is 0 Å². The molecule has 0 aliphatic carbocycles. The SMILES string of the molecule is CC(=O)OCC(CNC(=O)c1c(I)c(C(N)=O)c(I)c(N(CC(COC(C)=O)OC(C)=O)C(C)=O)c1I)OC(C)=O. The largest absolute Gasteiger partial charge is 0.462 e. The first-order valence-electron chi connectivity index (χ1n) is 11.6. The van der Waals surface area contributed by atoms with Gasteiger partial charge in [-0.2, -0.15) is 0 Å². The molecule has 0 saturated heterocycles. The number of hydrogen-bond donors (Lipinski definition) is 2. The molecule has 0 radical (unpaired) electrons. The Morgan fingerprint density at radius 2 is 1.20 bits per heavy atom. The Labute approximate surface area is 276 Å². The van der Waals surface area contributed by atoms with E-state index in [2.05, 4.69) is 5.32 Å². The fourth-order valence-corrected chi connectivity index (χ4v) is 8.10. The summed E-state index contributed by atoms with van der Waals surface area (Å²) in [6.45, 7) is 4.66. The number of carbonyl (C=O) groups excluding carboxylic acids is 7. The standard InChI is InChI=1S/C24H28I3N3O11/c1-10(31)30(7-16(41-14(5)35)9-39-12(3)33)22-20(26)17(23(28)36)19(25)18(21(22)27)24(37)29-6-15(40-13(4)34)8-38-11(2)32/h15-16H,6-9H2,1-5H3,(H2,28,36)(H,29,37). The number of nitrogens with two attached hydrogens (primary N) is 1. The van der Waals surface area contributed by atoms with Gasteiger partial charge in [-0.3, -0.25) is 33.6 Å². The molecule has 0 saturated carbocycles. The molecular weight excluding hydrogens is 887 g/mol. The predicted octanol–water partition coefficient (Wildman–Crippen LogP) is 1.67. The van der Waals surface area contributed by atoms with Crippen LogP contribution in [0.5, 0.6) is 0 Å². The topological polar surface area (TPSA) is 198 Å². The number of anilines is 1. The first kappa shape index (κ1) is 36.7. The first-order valence-corrected chi connectivity index (χ1v) is 14.9. The number of hydrogen-bond acceptors (Lipinski definition) is 11. The van der Waals surface area contributed by atoms with E-state index >= 15 is 0 Å². The van der Waals surface area contributed by atoms with Gasteiger partial charge in [0.15, 0.2) is 12.2 Å². The second-order valence-corrected chi connectivity index (χ2v) is 11.5. The van der Waals surface area contributed by atoms with E-state index in [1.54, 1.807) is 22.6 Å². The van der Waals surface area contributed by atoms with Crippen LogP contribution in [0.3, 0.4) is 0 Å². The molecule has 3 N–H and O–H groups in total. The Bertz CT molecular complexity index is 1240. The number of nitrogens with one attached hydrogen (secondary N) is 1. The van der Waals surface area contributed by atoms with E-state index in [0.29, 0.717) is 0 Å². The maximum atomic E-state index is 13.4. The average molecular weight is 915 g/mol. The molecule has 0 spiro atoms. The summed E-state index contributed by atoms with van der Waals surface area (Å²) in [7, 11) is 0. The van der Waals surface area contributed by atoms with Gasteiger partial charge in [-0.25, -0.2) is 0 Å². The van der Waals surface area contributed by atoms with Crippen LogP contribution in [0.1, 0.15) is 55.3 Å². The second-order valence-electron chi connectivity index (χ2n) is 8.31. The molecule has 17 heteroatoms. The minimum absolute atomic E-state index is 0.0141. The minimum atomic E-state index is -1.08. The molecular formula is C24H28I3N3O11. The zero-order valence-corrected chi connectivity index (χ0v) is 29.1. The van der Waals surface area contributed by atoms with Crippen molar-refractivity contribution in [3.63, 3.8) is 0 Å². The normalized spacial score (nSPS) is 11.9.